The van der Waals surface area contributed by atoms with Crippen LogP contribution >= 0.6 is 0 Å². The fourth-order valence-electron chi connectivity index (χ4n) is 2.73. The zero-order valence-electron chi connectivity index (χ0n) is 15.4. The maximum absolute atomic E-state index is 13.7. The number of aryl methyl sites for hydroxylation is 1. The molecule has 2 aromatic carbocycles. The third-order valence-corrected chi connectivity index (χ3v) is 4.26. The van der Waals surface area contributed by atoms with Crippen LogP contribution in [0.2, 0.25) is 0 Å². The van der Waals surface area contributed by atoms with Crippen molar-refractivity contribution in [2.24, 2.45) is 0 Å². The van der Waals surface area contributed by atoms with Crippen molar-refractivity contribution in [1.82, 2.24) is 10.3 Å². The number of anilines is 1. The van der Waals surface area contributed by atoms with Crippen molar-refractivity contribution >= 4 is 17.5 Å². The van der Waals surface area contributed by atoms with Crippen molar-refractivity contribution in [2.45, 2.75) is 19.9 Å². The molecule has 5 nitrogen and oxygen atoms in total. The third kappa shape index (κ3) is 4.59. The molecule has 1 heterocycles. The molecule has 0 saturated heterocycles. The van der Waals surface area contributed by atoms with Gasteiger partial charge in [0.2, 0.25) is 0 Å². The Morgan fingerprint density at radius 1 is 0.857 bits per heavy atom. The fraction of sp³-hybridized carbons (Fsp3) is 0.136. The molecule has 0 aliphatic rings. The Kier molecular flexibility index (Phi) is 6.11. The molecule has 1 aromatic heterocycles. The smallest absolute Gasteiger partial charge is 0.274 e. The van der Waals surface area contributed by atoms with E-state index in [1.807, 2.05) is 31.2 Å². The first kappa shape index (κ1) is 19.2. The van der Waals surface area contributed by atoms with E-state index >= 15 is 0 Å². The minimum absolute atomic E-state index is 0.0352. The molecule has 0 bridgehead atoms. The van der Waals surface area contributed by atoms with E-state index in [0.29, 0.717) is 11.3 Å². The average molecular weight is 377 g/mol. The molecule has 0 unspecified atom stereocenters. The van der Waals surface area contributed by atoms with Crippen molar-refractivity contribution in [3.63, 3.8) is 0 Å². The predicted molar refractivity (Wildman–Crippen MR) is 106 cm³/mol. The molecular weight excluding hydrogens is 357 g/mol. The van der Waals surface area contributed by atoms with Crippen LogP contribution in [0.3, 0.4) is 0 Å². The van der Waals surface area contributed by atoms with Crippen LogP contribution in [0, 0.1) is 5.82 Å². The highest BCUT2D eigenvalue weighted by Crippen LogP contribution is 2.16. The normalized spacial score (nSPS) is 10.4. The Morgan fingerprint density at radius 3 is 2.21 bits per heavy atom. The zero-order valence-corrected chi connectivity index (χ0v) is 15.4. The summed E-state index contributed by atoms with van der Waals surface area (Å²) in [7, 11) is 0. The van der Waals surface area contributed by atoms with Gasteiger partial charge in [-0.1, -0.05) is 49.4 Å². The van der Waals surface area contributed by atoms with Gasteiger partial charge < -0.3 is 10.6 Å². The molecule has 2 amide bonds. The monoisotopic (exact) mass is 377 g/mol. The molecule has 3 rings (SSSR count). The molecule has 0 atom stereocenters. The summed E-state index contributed by atoms with van der Waals surface area (Å²) in [6.45, 7) is 2.04. The minimum Gasteiger partial charge on any atom is -0.347 e. The summed E-state index contributed by atoms with van der Waals surface area (Å²) in [4.78, 5) is 29.0. The van der Waals surface area contributed by atoms with Crippen LogP contribution in [0.25, 0.3) is 0 Å². The number of aromatic nitrogens is 1. The quantitative estimate of drug-likeness (QED) is 0.683. The maximum Gasteiger partial charge on any atom is 0.274 e. The Balaban J connectivity index is 1.70. The number of amides is 2. The Hall–Kier alpha value is -3.54. The summed E-state index contributed by atoms with van der Waals surface area (Å²) < 4.78 is 13.7. The molecule has 142 valence electrons. The van der Waals surface area contributed by atoms with Gasteiger partial charge in [0.15, 0.2) is 0 Å². The lowest BCUT2D eigenvalue weighted by atomic mass is 10.1. The maximum atomic E-state index is 13.7. The number of nitrogens with zero attached hydrogens (tertiary/aromatic N) is 1. The molecule has 0 spiro atoms. The molecule has 6 heteroatoms. The van der Waals surface area contributed by atoms with Crippen LogP contribution < -0.4 is 10.6 Å². The first-order valence-corrected chi connectivity index (χ1v) is 8.96. The van der Waals surface area contributed by atoms with Crippen LogP contribution in [-0.2, 0) is 13.0 Å². The Bertz CT molecular complexity index is 1000. The number of pyridine rings is 1. The lowest BCUT2D eigenvalue weighted by molar-refractivity contribution is 0.0945. The number of carbonyl (C=O) groups excluding carboxylic acids is 2. The van der Waals surface area contributed by atoms with Crippen LogP contribution in [0.15, 0.2) is 66.7 Å². The van der Waals surface area contributed by atoms with Crippen LogP contribution in [0.4, 0.5) is 10.1 Å². The molecule has 2 N–H and O–H groups in total. The second-order valence-electron chi connectivity index (χ2n) is 6.15. The number of para-hydroxylation sites is 1. The summed E-state index contributed by atoms with van der Waals surface area (Å²) in [6.07, 6.45) is 0.780. The summed E-state index contributed by atoms with van der Waals surface area (Å²) >= 11 is 0. The molecular formula is C22H20FN3O2. The van der Waals surface area contributed by atoms with E-state index < -0.39 is 17.6 Å². The summed E-state index contributed by atoms with van der Waals surface area (Å²) in [5.41, 5.74) is 2.32. The van der Waals surface area contributed by atoms with Gasteiger partial charge in [-0.2, -0.15) is 0 Å². The molecule has 0 fully saturated rings. The molecule has 3 aromatic rings. The van der Waals surface area contributed by atoms with E-state index in [1.54, 1.807) is 24.3 Å². The largest absolute Gasteiger partial charge is 0.347 e. The lowest BCUT2D eigenvalue weighted by Crippen LogP contribution is -2.25. The first-order chi connectivity index (χ1) is 13.6. The first-order valence-electron chi connectivity index (χ1n) is 8.96. The van der Waals surface area contributed by atoms with E-state index in [2.05, 4.69) is 15.6 Å². The van der Waals surface area contributed by atoms with Gasteiger partial charge in [-0.25, -0.2) is 9.37 Å². The van der Waals surface area contributed by atoms with Gasteiger partial charge in [-0.05, 0) is 36.2 Å². The van der Waals surface area contributed by atoms with Gasteiger partial charge in [0.05, 0.1) is 0 Å². The molecule has 0 radical (unpaired) electrons. The number of hydrogen-bond donors (Lipinski definition) is 2. The number of halogens is 1. The van der Waals surface area contributed by atoms with Crippen LogP contribution in [0.5, 0.6) is 0 Å². The number of carbonyl (C=O) groups is 2. The lowest BCUT2D eigenvalue weighted by Gasteiger charge is -2.10. The van der Waals surface area contributed by atoms with Crippen LogP contribution in [0.1, 0.15) is 39.0 Å². The van der Waals surface area contributed by atoms with E-state index in [-0.39, 0.29) is 17.9 Å². The molecule has 28 heavy (non-hydrogen) atoms. The highest BCUT2D eigenvalue weighted by molar-refractivity contribution is 6.04. The number of hydrogen-bond acceptors (Lipinski definition) is 3. The number of nitrogens with one attached hydrogen (secondary N) is 2. The Morgan fingerprint density at radius 2 is 1.50 bits per heavy atom. The second kappa shape index (κ2) is 8.90. The molecule has 0 aliphatic carbocycles. The van der Waals surface area contributed by atoms with E-state index in [9.17, 15) is 14.0 Å². The van der Waals surface area contributed by atoms with Gasteiger partial charge in [0.1, 0.15) is 17.2 Å². The van der Waals surface area contributed by atoms with Crippen molar-refractivity contribution in [3.8, 4) is 0 Å². The molecule has 0 saturated carbocycles. The van der Waals surface area contributed by atoms with Gasteiger partial charge >= 0.3 is 0 Å². The standard InChI is InChI=1S/C22H20FN3O2/c1-2-15-8-4-6-11-18(15)26-22(28)20-13-7-12-19(25-20)21(27)24-14-16-9-3-5-10-17(16)23/h3-13H,2,14H2,1H3,(H,24,27)(H,26,28). The van der Waals surface area contributed by atoms with E-state index in [4.69, 9.17) is 0 Å². The molecule has 0 aliphatic heterocycles. The summed E-state index contributed by atoms with van der Waals surface area (Å²) in [6, 6.07) is 18.4. The van der Waals surface area contributed by atoms with Crippen molar-refractivity contribution < 1.29 is 14.0 Å². The number of rotatable bonds is 6. The highest BCUT2D eigenvalue weighted by Gasteiger charge is 2.14. The summed E-state index contributed by atoms with van der Waals surface area (Å²) in [5, 5.41) is 5.44. The van der Waals surface area contributed by atoms with Gasteiger partial charge in [0, 0.05) is 17.8 Å². The Labute approximate surface area is 162 Å². The van der Waals surface area contributed by atoms with Gasteiger partial charge in [-0.3, -0.25) is 9.59 Å². The van der Waals surface area contributed by atoms with E-state index in [1.165, 1.54) is 18.2 Å². The number of benzene rings is 2. The highest BCUT2D eigenvalue weighted by atomic mass is 19.1. The fourth-order valence-corrected chi connectivity index (χ4v) is 2.73. The van der Waals surface area contributed by atoms with E-state index in [0.717, 1.165) is 12.0 Å². The second-order valence-corrected chi connectivity index (χ2v) is 6.15. The topological polar surface area (TPSA) is 71.1 Å². The predicted octanol–water partition coefficient (Wildman–Crippen LogP) is 3.97. The average Bonchev–Trinajstić information content (AvgIpc) is 2.73. The SMILES string of the molecule is CCc1ccccc1NC(=O)c1cccc(C(=O)NCc2ccccc2F)n1. The summed E-state index contributed by atoms with van der Waals surface area (Å²) in [5.74, 6) is -1.27. The van der Waals surface area contributed by atoms with Crippen LogP contribution in [-0.4, -0.2) is 16.8 Å². The van der Waals surface area contributed by atoms with Gasteiger partial charge in [-0.15, -0.1) is 0 Å². The van der Waals surface area contributed by atoms with Crippen molar-refractivity contribution in [1.29, 1.82) is 0 Å². The zero-order chi connectivity index (χ0) is 19.9. The van der Waals surface area contributed by atoms with Gasteiger partial charge in [0.25, 0.3) is 11.8 Å². The van der Waals surface area contributed by atoms with Crippen molar-refractivity contribution in [2.75, 3.05) is 5.32 Å². The minimum atomic E-state index is -0.480. The third-order valence-electron chi connectivity index (χ3n) is 4.26. The van der Waals surface area contributed by atoms with Crippen molar-refractivity contribution in [3.05, 3.63) is 95.1 Å².